The number of carboxylic acids is 2. The van der Waals surface area contributed by atoms with Crippen LogP contribution in [0.25, 0.3) is 0 Å². The molecule has 0 bridgehead atoms. The molecule has 4 nitrogen and oxygen atoms in total. The highest BCUT2D eigenvalue weighted by atomic mass is 32.1. The molecule has 0 heterocycles. The molecule has 0 aromatic heterocycles. The van der Waals surface area contributed by atoms with Crippen molar-refractivity contribution < 1.29 is 19.8 Å². The molecule has 0 saturated heterocycles. The molecule has 0 spiro atoms. The Bertz CT molecular complexity index is 513. The maximum absolute atomic E-state index is 11.3. The van der Waals surface area contributed by atoms with Gasteiger partial charge in [-0.15, -0.1) is 0 Å². The molecule has 1 aromatic rings. The summed E-state index contributed by atoms with van der Waals surface area (Å²) in [5.74, 6) is -1.88. The van der Waals surface area contributed by atoms with Crippen molar-refractivity contribution in [2.45, 2.75) is 23.3 Å². The Labute approximate surface area is 151 Å². The molecular formula is C14H16O4S4-2. The van der Waals surface area contributed by atoms with Crippen molar-refractivity contribution in [1.82, 2.24) is 0 Å². The predicted octanol–water partition coefficient (Wildman–Crippen LogP) is -0.0450. The van der Waals surface area contributed by atoms with Crippen molar-refractivity contribution in [2.75, 3.05) is 11.5 Å². The molecule has 0 fully saturated rings. The van der Waals surface area contributed by atoms with Gasteiger partial charge in [0, 0.05) is 33.1 Å². The van der Waals surface area contributed by atoms with Crippen LogP contribution in [0.3, 0.4) is 0 Å². The zero-order valence-electron chi connectivity index (χ0n) is 11.6. The van der Waals surface area contributed by atoms with Gasteiger partial charge in [-0.05, 0) is 24.0 Å². The zero-order valence-corrected chi connectivity index (χ0v) is 15.1. The number of hydrogen-bond acceptors (Lipinski definition) is 8. The second-order valence-electron chi connectivity index (χ2n) is 4.77. The fraction of sp³-hybridized carbons (Fsp3) is 0.429. The van der Waals surface area contributed by atoms with E-state index in [1.54, 1.807) is 0 Å². The van der Waals surface area contributed by atoms with Gasteiger partial charge in [0.25, 0.3) is 0 Å². The zero-order chi connectivity index (χ0) is 16.9. The maximum Gasteiger partial charge on any atom is 0.0718 e. The summed E-state index contributed by atoms with van der Waals surface area (Å²) in [6.07, 6.45) is 0.527. The van der Waals surface area contributed by atoms with Crippen molar-refractivity contribution in [1.29, 1.82) is 0 Å². The normalized spacial score (nSPS) is 13.6. The van der Waals surface area contributed by atoms with Gasteiger partial charge in [0.2, 0.25) is 0 Å². The Morgan fingerprint density at radius 1 is 0.864 bits per heavy atom. The number of carbonyl (C=O) groups excluding carboxylic acids is 2. The van der Waals surface area contributed by atoms with Gasteiger partial charge in [-0.2, -0.15) is 50.5 Å². The highest BCUT2D eigenvalue weighted by molar-refractivity contribution is 7.85. The highest BCUT2D eigenvalue weighted by Crippen LogP contribution is 2.25. The minimum Gasteiger partial charge on any atom is -0.545 e. The molecule has 0 N–H and O–H groups in total. The van der Waals surface area contributed by atoms with Crippen LogP contribution < -0.4 is 10.2 Å². The Balaban J connectivity index is 3.50. The van der Waals surface area contributed by atoms with Crippen molar-refractivity contribution in [3.63, 3.8) is 0 Å². The molecule has 0 aliphatic heterocycles. The quantitative estimate of drug-likeness (QED) is 0.480. The van der Waals surface area contributed by atoms with E-state index in [0.717, 1.165) is 0 Å². The highest BCUT2D eigenvalue weighted by Gasteiger charge is 2.19. The minimum atomic E-state index is -1.36. The SMILES string of the molecule is O=C([O-])c1ccc(C(=O)[O-])c(CC(S)CS)c1CC(S)CS. The van der Waals surface area contributed by atoms with Crippen molar-refractivity contribution in [3.05, 3.63) is 34.4 Å². The Morgan fingerprint density at radius 2 is 1.18 bits per heavy atom. The molecule has 0 amide bonds. The smallest absolute Gasteiger partial charge is 0.0718 e. The second kappa shape index (κ2) is 9.00. The fourth-order valence-electron chi connectivity index (χ4n) is 2.14. The van der Waals surface area contributed by atoms with Gasteiger partial charge in [-0.3, -0.25) is 0 Å². The third-order valence-corrected chi connectivity index (χ3v) is 5.36. The van der Waals surface area contributed by atoms with Crippen molar-refractivity contribution >= 4 is 62.5 Å². The summed E-state index contributed by atoms with van der Waals surface area (Å²) in [4.78, 5) is 22.7. The lowest BCUT2D eigenvalue weighted by Gasteiger charge is -2.23. The van der Waals surface area contributed by atoms with E-state index in [9.17, 15) is 19.8 Å². The lowest BCUT2D eigenvalue weighted by molar-refractivity contribution is -0.256. The predicted molar refractivity (Wildman–Crippen MR) is 95.8 cm³/mol. The summed E-state index contributed by atoms with van der Waals surface area (Å²) in [7, 11) is 0. The van der Waals surface area contributed by atoms with Crippen LogP contribution in [0.4, 0.5) is 0 Å². The van der Waals surface area contributed by atoms with Crippen LogP contribution in [0.2, 0.25) is 0 Å². The summed E-state index contributed by atoms with van der Waals surface area (Å²) in [5, 5.41) is 22.2. The minimum absolute atomic E-state index is 0.0412. The van der Waals surface area contributed by atoms with Crippen LogP contribution >= 0.6 is 50.5 Å². The van der Waals surface area contributed by atoms with Crippen LogP contribution in [0.1, 0.15) is 31.8 Å². The first-order chi connectivity index (χ1) is 10.3. The van der Waals surface area contributed by atoms with Gasteiger partial charge in [0.05, 0.1) is 11.9 Å². The van der Waals surface area contributed by atoms with Gasteiger partial charge >= 0.3 is 0 Å². The average molecular weight is 377 g/mol. The van der Waals surface area contributed by atoms with E-state index in [2.05, 4.69) is 50.5 Å². The molecule has 1 aromatic carbocycles. The summed E-state index contributed by atoms with van der Waals surface area (Å²) in [5.41, 5.74) is 0.689. The number of carboxylic acid groups (broad SMARTS) is 2. The van der Waals surface area contributed by atoms with Crippen LogP contribution in [0, 0.1) is 0 Å². The first-order valence-corrected chi connectivity index (χ1v) is 8.76. The number of aromatic carboxylic acids is 2. The molecule has 0 aliphatic carbocycles. The molecule has 22 heavy (non-hydrogen) atoms. The largest absolute Gasteiger partial charge is 0.545 e. The topological polar surface area (TPSA) is 80.3 Å². The van der Waals surface area contributed by atoms with Crippen LogP contribution in [-0.4, -0.2) is 33.9 Å². The molecule has 2 unspecified atom stereocenters. The van der Waals surface area contributed by atoms with E-state index >= 15 is 0 Å². The number of carbonyl (C=O) groups is 2. The van der Waals surface area contributed by atoms with E-state index in [0.29, 0.717) is 22.6 Å². The number of thiol groups is 4. The van der Waals surface area contributed by atoms with E-state index < -0.39 is 11.9 Å². The van der Waals surface area contributed by atoms with Crippen LogP contribution in [-0.2, 0) is 12.8 Å². The molecule has 122 valence electrons. The van der Waals surface area contributed by atoms with Gasteiger partial charge in [-0.25, -0.2) is 0 Å². The fourth-order valence-corrected chi connectivity index (χ4v) is 2.77. The summed E-state index contributed by atoms with van der Waals surface area (Å²) in [6, 6.07) is 2.46. The molecule has 0 radical (unpaired) electrons. The van der Waals surface area contributed by atoms with Gasteiger partial charge in [0.1, 0.15) is 0 Å². The van der Waals surface area contributed by atoms with E-state index in [1.807, 2.05) is 0 Å². The van der Waals surface area contributed by atoms with E-state index in [4.69, 9.17) is 0 Å². The van der Waals surface area contributed by atoms with Crippen LogP contribution in [0.15, 0.2) is 12.1 Å². The lowest BCUT2D eigenvalue weighted by Crippen LogP contribution is -2.29. The van der Waals surface area contributed by atoms with Gasteiger partial charge in [0.15, 0.2) is 0 Å². The van der Waals surface area contributed by atoms with Crippen LogP contribution in [0.5, 0.6) is 0 Å². The molecule has 2 atom stereocenters. The molecule has 0 saturated carbocycles. The molecule has 1 rings (SSSR count). The molecular weight excluding hydrogens is 360 g/mol. The molecule has 0 aliphatic rings. The maximum atomic E-state index is 11.3. The van der Waals surface area contributed by atoms with E-state index in [-0.39, 0.29) is 34.5 Å². The first-order valence-electron chi connectivity index (χ1n) is 6.47. The van der Waals surface area contributed by atoms with Crippen molar-refractivity contribution in [2.24, 2.45) is 0 Å². The Hall–Kier alpha value is -0.440. The monoisotopic (exact) mass is 376 g/mol. The number of rotatable bonds is 8. The molecule has 8 heteroatoms. The number of hydrogen-bond donors (Lipinski definition) is 4. The summed E-state index contributed by atoms with van der Waals surface area (Å²) >= 11 is 16.9. The summed E-state index contributed by atoms with van der Waals surface area (Å²) < 4.78 is 0. The third kappa shape index (κ3) is 5.04. The Morgan fingerprint density at radius 3 is 1.41 bits per heavy atom. The Kier molecular flexibility index (Phi) is 8.02. The first kappa shape index (κ1) is 19.6. The standard InChI is InChI=1S/C14H18O4S4/c15-13(16)9-1-2-10(14(17)18)12(4-8(22)6-20)11(9)3-7(21)5-19/h1-2,7-8,19-22H,3-6H2,(H,15,16)(H,17,18)/p-2. The third-order valence-electron chi connectivity index (χ3n) is 3.17. The summed E-state index contributed by atoms with van der Waals surface area (Å²) in [6.45, 7) is 0. The van der Waals surface area contributed by atoms with Gasteiger partial charge < -0.3 is 19.8 Å². The van der Waals surface area contributed by atoms with Crippen molar-refractivity contribution in [3.8, 4) is 0 Å². The van der Waals surface area contributed by atoms with E-state index in [1.165, 1.54) is 12.1 Å². The lowest BCUT2D eigenvalue weighted by atomic mass is 9.90. The van der Waals surface area contributed by atoms with Gasteiger partial charge in [-0.1, -0.05) is 12.1 Å². The second-order valence-corrected chi connectivity index (χ2v) is 6.96. The number of benzene rings is 1. The average Bonchev–Trinajstić information content (AvgIpc) is 2.47.